The minimum absolute atomic E-state index is 0.00410. The maximum Gasteiger partial charge on any atom is 0.305 e. The van der Waals surface area contributed by atoms with Gasteiger partial charge in [0.2, 0.25) is 5.91 Å². The van der Waals surface area contributed by atoms with Gasteiger partial charge in [-0.2, -0.15) is 0 Å². The average Bonchev–Trinajstić information content (AvgIpc) is 3.36. The molecule has 0 rings (SSSR count). The van der Waals surface area contributed by atoms with Crippen LogP contribution in [0.5, 0.6) is 0 Å². The highest BCUT2D eigenvalue weighted by molar-refractivity contribution is 5.76. The second-order valence-electron chi connectivity index (χ2n) is 22.1. The van der Waals surface area contributed by atoms with Crippen LogP contribution in [0, 0.1) is 0 Å². The normalized spacial score (nSPS) is 12.6. The first-order valence-corrected chi connectivity index (χ1v) is 31.9. The molecule has 0 aromatic heterocycles. The Morgan fingerprint density at radius 2 is 0.671 bits per heavy atom. The fourth-order valence-corrected chi connectivity index (χ4v) is 10.2. The van der Waals surface area contributed by atoms with Crippen LogP contribution in [0.1, 0.15) is 361 Å². The maximum absolute atomic E-state index is 12.5. The van der Waals surface area contributed by atoms with E-state index in [4.69, 9.17) is 4.74 Å². The number of carbonyl (C=O) groups excluding carboxylic acids is 2. The van der Waals surface area contributed by atoms with Crippen molar-refractivity contribution in [3.63, 3.8) is 0 Å². The van der Waals surface area contributed by atoms with E-state index < -0.39 is 12.1 Å². The number of unbranched alkanes of at least 4 members (excludes halogenated alkanes) is 47. The summed E-state index contributed by atoms with van der Waals surface area (Å²) in [6, 6.07) is -0.550. The Kier molecular flexibility index (Phi) is 59.0. The summed E-state index contributed by atoms with van der Waals surface area (Å²) in [5.74, 6) is -0.0454. The van der Waals surface area contributed by atoms with Crippen LogP contribution < -0.4 is 5.32 Å². The predicted molar refractivity (Wildman–Crippen MR) is 306 cm³/mol. The molecular weight excluding hydrogens is 863 g/mol. The number of allylic oxidation sites excluding steroid dienone is 2. The zero-order valence-corrected chi connectivity index (χ0v) is 47.5. The Morgan fingerprint density at radius 1 is 0.386 bits per heavy atom. The molecule has 0 aliphatic rings. The second-order valence-corrected chi connectivity index (χ2v) is 22.1. The van der Waals surface area contributed by atoms with E-state index in [1.807, 2.05) is 0 Å². The molecule has 70 heavy (non-hydrogen) atoms. The minimum atomic E-state index is -0.672. The largest absolute Gasteiger partial charge is 0.466 e. The monoisotopic (exact) mass is 988 g/mol. The van der Waals surface area contributed by atoms with Gasteiger partial charge in [-0.3, -0.25) is 9.59 Å². The topological polar surface area (TPSA) is 95.9 Å². The second kappa shape index (κ2) is 60.2. The van der Waals surface area contributed by atoms with Gasteiger partial charge in [-0.15, -0.1) is 0 Å². The highest BCUT2D eigenvalue weighted by Gasteiger charge is 2.20. The van der Waals surface area contributed by atoms with Gasteiger partial charge in [0.25, 0.3) is 0 Å². The van der Waals surface area contributed by atoms with Crippen LogP contribution in [-0.2, 0) is 14.3 Å². The van der Waals surface area contributed by atoms with Gasteiger partial charge in [0.1, 0.15) is 0 Å². The first-order chi connectivity index (χ1) is 34.5. The van der Waals surface area contributed by atoms with Crippen molar-refractivity contribution in [2.45, 2.75) is 373 Å². The number of hydrogen-bond donors (Lipinski definition) is 3. The number of amides is 1. The zero-order valence-electron chi connectivity index (χ0n) is 47.5. The molecule has 0 fully saturated rings. The van der Waals surface area contributed by atoms with Gasteiger partial charge in [0.15, 0.2) is 0 Å². The van der Waals surface area contributed by atoms with Crippen molar-refractivity contribution < 1.29 is 24.5 Å². The predicted octanol–water partition coefficient (Wildman–Crippen LogP) is 20.0. The van der Waals surface area contributed by atoms with Crippen molar-refractivity contribution >= 4 is 11.9 Å². The SMILES string of the molecule is CCCCCCCC/C=C\CCCCCCCCCC(=O)OCCCCCCCCCCCCCCCCC(=O)NC(CO)C(O)CCCCCCCCCCCCCCCCCCCCCCCC. The summed E-state index contributed by atoms with van der Waals surface area (Å²) in [6.07, 6.45) is 72.2. The lowest BCUT2D eigenvalue weighted by Gasteiger charge is -2.22. The molecule has 3 N–H and O–H groups in total. The number of esters is 1. The van der Waals surface area contributed by atoms with Crippen LogP contribution in [0.3, 0.4) is 0 Å². The third kappa shape index (κ3) is 55.9. The zero-order chi connectivity index (χ0) is 50.7. The number of rotatable bonds is 60. The molecule has 0 heterocycles. The highest BCUT2D eigenvalue weighted by atomic mass is 16.5. The van der Waals surface area contributed by atoms with E-state index in [0.29, 0.717) is 25.9 Å². The summed E-state index contributed by atoms with van der Waals surface area (Å²) in [7, 11) is 0. The summed E-state index contributed by atoms with van der Waals surface area (Å²) < 4.78 is 5.49. The lowest BCUT2D eigenvalue weighted by molar-refractivity contribution is -0.143. The van der Waals surface area contributed by atoms with E-state index in [9.17, 15) is 19.8 Å². The number of aliphatic hydroxyl groups is 2. The van der Waals surface area contributed by atoms with Gasteiger partial charge in [-0.05, 0) is 51.4 Å². The van der Waals surface area contributed by atoms with Gasteiger partial charge in [0.05, 0.1) is 25.4 Å². The van der Waals surface area contributed by atoms with Gasteiger partial charge >= 0.3 is 5.97 Å². The first kappa shape index (κ1) is 68.6. The van der Waals surface area contributed by atoms with Crippen LogP contribution in [0.4, 0.5) is 0 Å². The van der Waals surface area contributed by atoms with Crippen molar-refractivity contribution in [1.29, 1.82) is 0 Å². The van der Waals surface area contributed by atoms with Gasteiger partial charge in [-0.25, -0.2) is 0 Å². The number of carbonyl (C=O) groups is 2. The average molecular weight is 989 g/mol. The molecule has 0 aromatic carbocycles. The summed E-state index contributed by atoms with van der Waals surface area (Å²) in [6.45, 7) is 4.96. The smallest absolute Gasteiger partial charge is 0.305 e. The van der Waals surface area contributed by atoms with E-state index in [0.717, 1.165) is 51.4 Å². The molecule has 1 amide bonds. The van der Waals surface area contributed by atoms with E-state index in [1.54, 1.807) is 0 Å². The number of aliphatic hydroxyl groups excluding tert-OH is 2. The van der Waals surface area contributed by atoms with Crippen molar-refractivity contribution in [2.24, 2.45) is 0 Å². The van der Waals surface area contributed by atoms with Crippen molar-refractivity contribution in [2.75, 3.05) is 13.2 Å². The van der Waals surface area contributed by atoms with Crippen LogP contribution in [-0.4, -0.2) is 47.4 Å². The number of ether oxygens (including phenoxy) is 1. The first-order valence-electron chi connectivity index (χ1n) is 31.9. The molecule has 2 atom stereocenters. The third-order valence-electron chi connectivity index (χ3n) is 15.1. The third-order valence-corrected chi connectivity index (χ3v) is 15.1. The molecule has 0 radical (unpaired) electrons. The maximum atomic E-state index is 12.5. The summed E-state index contributed by atoms with van der Waals surface area (Å²) in [5, 5.41) is 23.4. The molecular formula is C64H125NO5. The van der Waals surface area contributed by atoms with Crippen LogP contribution in [0.25, 0.3) is 0 Å². The summed E-state index contributed by atoms with van der Waals surface area (Å²) in [4.78, 5) is 24.6. The number of nitrogens with one attached hydrogen (secondary N) is 1. The fraction of sp³-hybridized carbons (Fsp3) is 0.938. The molecule has 0 saturated heterocycles. The van der Waals surface area contributed by atoms with Gasteiger partial charge < -0.3 is 20.3 Å². The standard InChI is InChI=1S/C64H125NO5/c1-3-5-7-9-11-13-15-17-19-21-22-23-24-25-27-28-32-36-40-44-48-52-56-62(67)61(60-66)65-63(68)57-53-49-45-41-37-33-30-31-35-39-43-47-51-55-59-70-64(69)58-54-50-46-42-38-34-29-26-20-18-16-14-12-10-8-6-4-2/h18,20,61-62,66-67H,3-17,19,21-60H2,1-2H3,(H,65,68)/b20-18-. The fourth-order valence-electron chi connectivity index (χ4n) is 10.2. The molecule has 6 heteroatoms. The molecule has 0 aromatic rings. The lowest BCUT2D eigenvalue weighted by atomic mass is 10.0. The molecule has 0 bridgehead atoms. The quantitative estimate of drug-likeness (QED) is 0.0321. The highest BCUT2D eigenvalue weighted by Crippen LogP contribution is 2.18. The molecule has 2 unspecified atom stereocenters. The number of hydrogen-bond acceptors (Lipinski definition) is 5. The van der Waals surface area contributed by atoms with Crippen LogP contribution >= 0.6 is 0 Å². The molecule has 416 valence electrons. The Morgan fingerprint density at radius 3 is 1.01 bits per heavy atom. The van der Waals surface area contributed by atoms with E-state index in [-0.39, 0.29) is 18.5 Å². The Hall–Kier alpha value is -1.40. The van der Waals surface area contributed by atoms with E-state index >= 15 is 0 Å². The summed E-state index contributed by atoms with van der Waals surface area (Å²) in [5.41, 5.74) is 0. The van der Waals surface area contributed by atoms with Crippen LogP contribution in [0.2, 0.25) is 0 Å². The Balaban J connectivity index is 3.42. The Bertz CT molecular complexity index is 1050. The van der Waals surface area contributed by atoms with Gasteiger partial charge in [0, 0.05) is 12.8 Å². The Labute approximate surface area is 438 Å². The summed E-state index contributed by atoms with van der Waals surface area (Å²) >= 11 is 0. The van der Waals surface area contributed by atoms with Crippen LogP contribution in [0.15, 0.2) is 12.2 Å². The minimum Gasteiger partial charge on any atom is -0.466 e. The van der Waals surface area contributed by atoms with Crippen molar-refractivity contribution in [1.82, 2.24) is 5.32 Å². The molecule has 0 aliphatic carbocycles. The molecule has 0 spiro atoms. The molecule has 0 aliphatic heterocycles. The van der Waals surface area contributed by atoms with Crippen molar-refractivity contribution in [3.05, 3.63) is 12.2 Å². The molecule has 0 saturated carbocycles. The van der Waals surface area contributed by atoms with E-state index in [2.05, 4.69) is 31.3 Å². The van der Waals surface area contributed by atoms with Crippen molar-refractivity contribution in [3.8, 4) is 0 Å². The van der Waals surface area contributed by atoms with E-state index in [1.165, 1.54) is 276 Å². The van der Waals surface area contributed by atoms with Gasteiger partial charge in [-0.1, -0.05) is 309 Å². The molecule has 6 nitrogen and oxygen atoms in total. The lowest BCUT2D eigenvalue weighted by Crippen LogP contribution is -2.45.